The van der Waals surface area contributed by atoms with Crippen molar-refractivity contribution in [2.75, 3.05) is 26.7 Å². The normalized spacial score (nSPS) is 16.0. The molecule has 2 atom stereocenters. The molecular formula is C8H22N2OSi. The van der Waals surface area contributed by atoms with Crippen LogP contribution in [0.4, 0.5) is 0 Å². The molecule has 0 spiro atoms. The third-order valence-electron chi connectivity index (χ3n) is 1.95. The van der Waals surface area contributed by atoms with Gasteiger partial charge in [-0.25, -0.2) is 0 Å². The van der Waals surface area contributed by atoms with E-state index in [-0.39, 0.29) is 0 Å². The SMILES string of the molecule is CO[SiH](C)CC(C)CNCCN. The Hall–Kier alpha value is 0.0969. The van der Waals surface area contributed by atoms with Crippen LogP contribution in [-0.2, 0) is 4.43 Å². The highest BCUT2D eigenvalue weighted by atomic mass is 28.3. The van der Waals surface area contributed by atoms with Gasteiger partial charge in [0.15, 0.2) is 9.04 Å². The fraction of sp³-hybridized carbons (Fsp3) is 1.00. The van der Waals surface area contributed by atoms with Gasteiger partial charge < -0.3 is 15.5 Å². The molecule has 3 N–H and O–H groups in total. The van der Waals surface area contributed by atoms with Gasteiger partial charge in [0.05, 0.1) is 0 Å². The van der Waals surface area contributed by atoms with Crippen molar-refractivity contribution in [1.29, 1.82) is 0 Å². The van der Waals surface area contributed by atoms with Crippen molar-refractivity contribution in [2.24, 2.45) is 11.7 Å². The lowest BCUT2D eigenvalue weighted by atomic mass is 10.2. The molecule has 3 nitrogen and oxygen atoms in total. The Bertz CT molecular complexity index is 103. The predicted molar refractivity (Wildman–Crippen MR) is 55.9 cm³/mol. The quantitative estimate of drug-likeness (QED) is 0.444. The molecular weight excluding hydrogens is 168 g/mol. The summed E-state index contributed by atoms with van der Waals surface area (Å²) in [6.07, 6.45) is 0. The minimum Gasteiger partial charge on any atom is -0.423 e. The van der Waals surface area contributed by atoms with E-state index in [4.69, 9.17) is 10.2 Å². The van der Waals surface area contributed by atoms with Crippen LogP contribution < -0.4 is 11.1 Å². The highest BCUT2D eigenvalue weighted by Crippen LogP contribution is 2.05. The maximum atomic E-state index is 5.36. The smallest absolute Gasteiger partial charge is 0.173 e. The van der Waals surface area contributed by atoms with Crippen molar-refractivity contribution < 1.29 is 4.43 Å². The van der Waals surface area contributed by atoms with Gasteiger partial charge in [-0.15, -0.1) is 0 Å². The maximum Gasteiger partial charge on any atom is 0.173 e. The molecule has 0 aromatic rings. The highest BCUT2D eigenvalue weighted by molar-refractivity contribution is 6.50. The average molecular weight is 190 g/mol. The summed E-state index contributed by atoms with van der Waals surface area (Å²) in [6, 6.07) is 1.24. The summed E-state index contributed by atoms with van der Waals surface area (Å²) in [6.45, 7) is 7.21. The molecule has 0 radical (unpaired) electrons. The van der Waals surface area contributed by atoms with Crippen LogP contribution in [0.5, 0.6) is 0 Å². The second-order valence-corrected chi connectivity index (χ2v) is 5.94. The standard InChI is InChI=1S/C8H22N2OSi/c1-8(6-10-5-4-9)7-12(3)11-2/h8,10,12H,4-7,9H2,1-3H3. The van der Waals surface area contributed by atoms with Crippen LogP contribution in [0.15, 0.2) is 0 Å². The Morgan fingerprint density at radius 1 is 1.58 bits per heavy atom. The monoisotopic (exact) mass is 190 g/mol. The molecule has 0 saturated carbocycles. The lowest BCUT2D eigenvalue weighted by Gasteiger charge is -2.14. The Morgan fingerprint density at radius 3 is 2.75 bits per heavy atom. The Balaban J connectivity index is 3.26. The van der Waals surface area contributed by atoms with Crippen molar-refractivity contribution in [2.45, 2.75) is 19.5 Å². The molecule has 0 aliphatic rings. The third-order valence-corrected chi connectivity index (χ3v) is 4.22. The molecule has 12 heavy (non-hydrogen) atoms. The summed E-state index contributed by atoms with van der Waals surface area (Å²) >= 11 is 0. The molecule has 0 bridgehead atoms. The molecule has 0 heterocycles. The van der Waals surface area contributed by atoms with Crippen LogP contribution in [0, 0.1) is 5.92 Å². The van der Waals surface area contributed by atoms with Gasteiger partial charge in [0.2, 0.25) is 0 Å². The van der Waals surface area contributed by atoms with Gasteiger partial charge in [-0.05, 0) is 25.1 Å². The summed E-state index contributed by atoms with van der Waals surface area (Å²) in [5, 5.41) is 3.31. The molecule has 0 rings (SSSR count). The number of hydrogen-bond donors (Lipinski definition) is 2. The van der Waals surface area contributed by atoms with Crippen molar-refractivity contribution >= 4 is 9.04 Å². The van der Waals surface area contributed by atoms with Crippen LogP contribution in [0.1, 0.15) is 6.92 Å². The van der Waals surface area contributed by atoms with Crippen molar-refractivity contribution in [3.05, 3.63) is 0 Å². The van der Waals surface area contributed by atoms with E-state index in [1.807, 2.05) is 7.11 Å². The van der Waals surface area contributed by atoms with Crippen LogP contribution in [0.25, 0.3) is 0 Å². The molecule has 0 aromatic heterocycles. The van der Waals surface area contributed by atoms with E-state index >= 15 is 0 Å². The van der Waals surface area contributed by atoms with Gasteiger partial charge in [0.25, 0.3) is 0 Å². The molecule has 0 amide bonds. The first-order chi connectivity index (χ1) is 5.70. The molecule has 0 aromatic carbocycles. The molecule has 0 aliphatic heterocycles. The van der Waals surface area contributed by atoms with E-state index < -0.39 is 9.04 Å². The summed E-state index contributed by atoms with van der Waals surface area (Å²) in [4.78, 5) is 0. The third kappa shape index (κ3) is 6.79. The fourth-order valence-electron chi connectivity index (χ4n) is 1.20. The van der Waals surface area contributed by atoms with E-state index in [1.165, 1.54) is 6.04 Å². The van der Waals surface area contributed by atoms with Gasteiger partial charge in [-0.3, -0.25) is 0 Å². The van der Waals surface area contributed by atoms with Gasteiger partial charge >= 0.3 is 0 Å². The topological polar surface area (TPSA) is 47.3 Å². The zero-order chi connectivity index (χ0) is 9.40. The number of nitrogens with one attached hydrogen (secondary N) is 1. The van der Waals surface area contributed by atoms with Crippen LogP contribution in [-0.4, -0.2) is 35.8 Å². The predicted octanol–water partition coefficient (Wildman–Crippen LogP) is 0.171. The molecule has 4 heteroatoms. The van der Waals surface area contributed by atoms with Crippen molar-refractivity contribution in [3.8, 4) is 0 Å². The maximum absolute atomic E-state index is 5.36. The first kappa shape index (κ1) is 12.1. The van der Waals surface area contributed by atoms with E-state index in [2.05, 4.69) is 18.8 Å². The van der Waals surface area contributed by atoms with E-state index in [0.29, 0.717) is 0 Å². The number of rotatable bonds is 7. The number of nitrogens with two attached hydrogens (primary N) is 1. The Kier molecular flexibility index (Phi) is 7.79. The van der Waals surface area contributed by atoms with Crippen molar-refractivity contribution in [3.63, 3.8) is 0 Å². The number of hydrogen-bond acceptors (Lipinski definition) is 3. The Morgan fingerprint density at radius 2 is 2.25 bits per heavy atom. The fourth-order valence-corrected chi connectivity index (χ4v) is 2.69. The first-order valence-corrected chi connectivity index (χ1v) is 7.08. The van der Waals surface area contributed by atoms with Gasteiger partial charge in [-0.2, -0.15) is 0 Å². The average Bonchev–Trinajstić information content (AvgIpc) is 2.05. The van der Waals surface area contributed by atoms with Gasteiger partial charge in [0.1, 0.15) is 0 Å². The lowest BCUT2D eigenvalue weighted by molar-refractivity contribution is 0.411. The zero-order valence-corrected chi connectivity index (χ0v) is 9.62. The lowest BCUT2D eigenvalue weighted by Crippen LogP contribution is -2.29. The zero-order valence-electron chi connectivity index (χ0n) is 8.47. The van der Waals surface area contributed by atoms with E-state index in [9.17, 15) is 0 Å². The molecule has 0 aliphatic carbocycles. The summed E-state index contributed by atoms with van der Waals surface area (Å²) < 4.78 is 5.31. The summed E-state index contributed by atoms with van der Waals surface area (Å²) in [5.41, 5.74) is 5.36. The van der Waals surface area contributed by atoms with Crippen LogP contribution in [0.2, 0.25) is 12.6 Å². The summed E-state index contributed by atoms with van der Waals surface area (Å²) in [5.74, 6) is 0.721. The van der Waals surface area contributed by atoms with Gasteiger partial charge in [0, 0.05) is 20.2 Å². The van der Waals surface area contributed by atoms with E-state index in [0.717, 1.165) is 25.6 Å². The minimum atomic E-state index is -0.862. The largest absolute Gasteiger partial charge is 0.423 e. The minimum absolute atomic E-state index is 0.721. The molecule has 2 unspecified atom stereocenters. The summed E-state index contributed by atoms with van der Waals surface area (Å²) in [7, 11) is 0.954. The molecule has 0 fully saturated rings. The van der Waals surface area contributed by atoms with Crippen molar-refractivity contribution in [1.82, 2.24) is 5.32 Å². The highest BCUT2D eigenvalue weighted by Gasteiger charge is 2.08. The second kappa shape index (κ2) is 7.73. The van der Waals surface area contributed by atoms with Gasteiger partial charge in [-0.1, -0.05) is 6.92 Å². The van der Waals surface area contributed by atoms with Crippen LogP contribution in [0.3, 0.4) is 0 Å². The molecule has 74 valence electrons. The van der Waals surface area contributed by atoms with Crippen LogP contribution >= 0.6 is 0 Å². The first-order valence-electron chi connectivity index (χ1n) is 4.64. The molecule has 0 saturated heterocycles. The van der Waals surface area contributed by atoms with E-state index in [1.54, 1.807) is 0 Å². The second-order valence-electron chi connectivity index (χ2n) is 3.38. The Labute approximate surface area is 77.4 Å².